The summed E-state index contributed by atoms with van der Waals surface area (Å²) in [6.07, 6.45) is 5.32. The van der Waals surface area contributed by atoms with Crippen LogP contribution >= 0.6 is 11.6 Å². The Morgan fingerprint density at radius 2 is 1.94 bits per heavy atom. The van der Waals surface area contributed by atoms with Gasteiger partial charge in [0, 0.05) is 28.7 Å². The number of nitriles is 1. The fourth-order valence-electron chi connectivity index (χ4n) is 3.44. The van der Waals surface area contributed by atoms with Crippen molar-refractivity contribution in [2.75, 3.05) is 18.2 Å². The second-order valence-corrected chi connectivity index (χ2v) is 7.40. The summed E-state index contributed by atoms with van der Waals surface area (Å²) >= 11 is 6.39. The third-order valence-corrected chi connectivity index (χ3v) is 5.39. The van der Waals surface area contributed by atoms with Crippen molar-refractivity contribution in [1.82, 2.24) is 4.98 Å². The van der Waals surface area contributed by atoms with E-state index in [1.54, 1.807) is 24.3 Å². The maximum Gasteiger partial charge on any atom is 0.161 e. The zero-order valence-electron chi connectivity index (χ0n) is 19.7. The smallest absolute Gasteiger partial charge is 0.161 e. The molecule has 6 nitrogen and oxygen atoms in total. The van der Waals surface area contributed by atoms with Gasteiger partial charge < -0.3 is 20.9 Å². The van der Waals surface area contributed by atoms with E-state index in [1.807, 2.05) is 46.8 Å². The summed E-state index contributed by atoms with van der Waals surface area (Å²) in [5, 5.41) is 23.5. The Labute approximate surface area is 200 Å². The van der Waals surface area contributed by atoms with Crippen molar-refractivity contribution in [2.24, 2.45) is 0 Å². The molecule has 0 aliphatic rings. The zero-order chi connectivity index (χ0) is 24.7. The third-order valence-electron chi connectivity index (χ3n) is 5.08. The van der Waals surface area contributed by atoms with Crippen LogP contribution in [-0.4, -0.2) is 17.2 Å². The molecule has 7 heteroatoms. The number of phenolic OH excluding ortho intramolecular Hbond substituents is 1. The van der Waals surface area contributed by atoms with Gasteiger partial charge >= 0.3 is 0 Å². The molecule has 1 aromatic heterocycles. The van der Waals surface area contributed by atoms with Crippen LogP contribution in [0.25, 0.3) is 17.2 Å². The SMILES string of the molecule is C/C=C\c1c(C)c(Nc2c(C#N)cnc(C)c2-c2ccc(O)c(OC)c2)cc(Cl)c1N.CC. The van der Waals surface area contributed by atoms with Gasteiger partial charge in [0.2, 0.25) is 0 Å². The molecule has 0 bridgehead atoms. The number of hydrogen-bond acceptors (Lipinski definition) is 6. The summed E-state index contributed by atoms with van der Waals surface area (Å²) < 4.78 is 5.26. The lowest BCUT2D eigenvalue weighted by Crippen LogP contribution is -2.04. The fraction of sp³-hybridized carbons (Fsp3) is 0.231. The van der Waals surface area contributed by atoms with Crippen molar-refractivity contribution in [3.63, 3.8) is 0 Å². The van der Waals surface area contributed by atoms with Crippen molar-refractivity contribution < 1.29 is 9.84 Å². The molecule has 0 unspecified atom stereocenters. The average molecular weight is 465 g/mol. The molecule has 0 saturated carbocycles. The summed E-state index contributed by atoms with van der Waals surface area (Å²) in [6.45, 7) is 9.70. The number of aromatic nitrogens is 1. The van der Waals surface area contributed by atoms with E-state index in [0.29, 0.717) is 33.4 Å². The molecule has 172 valence electrons. The summed E-state index contributed by atoms with van der Waals surface area (Å²) in [4.78, 5) is 4.38. The van der Waals surface area contributed by atoms with Crippen LogP contribution in [0.4, 0.5) is 17.1 Å². The van der Waals surface area contributed by atoms with Gasteiger partial charge in [-0.2, -0.15) is 5.26 Å². The molecule has 33 heavy (non-hydrogen) atoms. The minimum Gasteiger partial charge on any atom is -0.504 e. The Balaban J connectivity index is 0.00000187. The van der Waals surface area contributed by atoms with E-state index < -0.39 is 0 Å². The van der Waals surface area contributed by atoms with Crippen molar-refractivity contribution in [2.45, 2.75) is 34.6 Å². The first kappa shape index (κ1) is 25.6. The van der Waals surface area contributed by atoms with E-state index in [9.17, 15) is 10.4 Å². The van der Waals surface area contributed by atoms with Crippen LogP contribution in [0.2, 0.25) is 5.02 Å². The summed E-state index contributed by atoms with van der Waals surface area (Å²) in [7, 11) is 1.48. The number of phenols is 1. The number of methoxy groups -OCH3 is 1. The molecule has 0 aliphatic heterocycles. The molecule has 0 fully saturated rings. The molecule has 0 radical (unpaired) electrons. The molecule has 1 heterocycles. The molecule has 2 aromatic carbocycles. The topological polar surface area (TPSA) is 104 Å². The number of halogens is 1. The highest BCUT2D eigenvalue weighted by Gasteiger charge is 2.19. The molecule has 0 saturated heterocycles. The van der Waals surface area contributed by atoms with Crippen molar-refractivity contribution in [1.29, 1.82) is 5.26 Å². The van der Waals surface area contributed by atoms with E-state index in [1.165, 1.54) is 13.3 Å². The first-order valence-corrected chi connectivity index (χ1v) is 11.0. The molecule has 0 aliphatic carbocycles. The maximum absolute atomic E-state index is 9.99. The number of nitrogen functional groups attached to an aromatic ring is 1. The highest BCUT2D eigenvalue weighted by atomic mass is 35.5. The number of rotatable bonds is 5. The van der Waals surface area contributed by atoms with Crippen LogP contribution < -0.4 is 15.8 Å². The lowest BCUT2D eigenvalue weighted by atomic mass is 9.98. The number of aromatic hydroxyl groups is 1. The van der Waals surface area contributed by atoms with E-state index in [4.69, 9.17) is 22.1 Å². The molecule has 4 N–H and O–H groups in total. The van der Waals surface area contributed by atoms with E-state index in [2.05, 4.69) is 16.4 Å². The van der Waals surface area contributed by atoms with E-state index in [-0.39, 0.29) is 5.75 Å². The largest absolute Gasteiger partial charge is 0.504 e. The highest BCUT2D eigenvalue weighted by molar-refractivity contribution is 6.33. The number of nitrogens with two attached hydrogens (primary N) is 1. The van der Waals surface area contributed by atoms with Gasteiger partial charge in [0.1, 0.15) is 6.07 Å². The minimum atomic E-state index is 0.0277. The van der Waals surface area contributed by atoms with Crippen molar-refractivity contribution >= 4 is 34.7 Å². The van der Waals surface area contributed by atoms with Crippen LogP contribution in [0.1, 0.15) is 43.2 Å². The van der Waals surface area contributed by atoms with Gasteiger partial charge in [-0.25, -0.2) is 0 Å². The van der Waals surface area contributed by atoms with Gasteiger partial charge in [-0.05, 0) is 50.1 Å². The van der Waals surface area contributed by atoms with Crippen molar-refractivity contribution in [3.05, 3.63) is 63.9 Å². The molecule has 3 rings (SSSR count). The number of anilines is 3. The number of allylic oxidation sites excluding steroid dienone is 1. The summed E-state index contributed by atoms with van der Waals surface area (Å²) in [5.41, 5.74) is 12.2. The molecule has 0 amide bonds. The quantitative estimate of drug-likeness (QED) is 0.351. The second kappa shape index (κ2) is 11.3. The van der Waals surface area contributed by atoms with Gasteiger partial charge in [0.15, 0.2) is 11.5 Å². The number of ether oxygens (including phenoxy) is 1. The van der Waals surface area contributed by atoms with Gasteiger partial charge in [0.25, 0.3) is 0 Å². The number of benzene rings is 2. The van der Waals surface area contributed by atoms with Crippen LogP contribution in [0, 0.1) is 25.2 Å². The normalized spacial score (nSPS) is 10.4. The molecule has 3 aromatic rings. The summed E-state index contributed by atoms with van der Waals surface area (Å²) in [5.74, 6) is 0.354. The van der Waals surface area contributed by atoms with Gasteiger partial charge in [-0.3, -0.25) is 4.98 Å². The number of nitrogens with one attached hydrogen (secondary N) is 1. The third kappa shape index (κ3) is 5.21. The van der Waals surface area contributed by atoms with E-state index in [0.717, 1.165) is 27.9 Å². The number of hydrogen-bond donors (Lipinski definition) is 3. The number of nitrogens with zero attached hydrogens (tertiary/aromatic N) is 2. The predicted octanol–water partition coefficient (Wildman–Crippen LogP) is 6.99. The molecule has 0 atom stereocenters. The fourth-order valence-corrected chi connectivity index (χ4v) is 3.65. The standard InChI is InChI=1S/C24H23ClN4O2.C2H6/c1-5-6-17-13(2)19(10-18(25)23(17)27)29-24-16(11-26)12-28-14(3)22(24)15-7-8-20(30)21(9-15)31-4;1-2/h5-10,12,30H,27H2,1-4H3,(H,28,29);1-2H3/b6-5-;. The first-order valence-electron chi connectivity index (χ1n) is 10.6. The second-order valence-electron chi connectivity index (χ2n) is 6.99. The Bertz CT molecular complexity index is 1230. The lowest BCUT2D eigenvalue weighted by Gasteiger charge is -2.20. The van der Waals surface area contributed by atoms with E-state index >= 15 is 0 Å². The molecular formula is C26H29ClN4O2. The predicted molar refractivity (Wildman–Crippen MR) is 137 cm³/mol. The number of pyridine rings is 1. The van der Waals surface area contributed by atoms with Crippen LogP contribution in [0.5, 0.6) is 11.5 Å². The molecular weight excluding hydrogens is 436 g/mol. The maximum atomic E-state index is 9.99. The van der Waals surface area contributed by atoms with Crippen LogP contribution in [0.15, 0.2) is 36.5 Å². The minimum absolute atomic E-state index is 0.0277. The van der Waals surface area contributed by atoms with Crippen molar-refractivity contribution in [3.8, 4) is 28.7 Å². The lowest BCUT2D eigenvalue weighted by molar-refractivity contribution is 0.373. The zero-order valence-corrected chi connectivity index (χ0v) is 20.5. The Morgan fingerprint density at radius 3 is 2.55 bits per heavy atom. The Hall–Kier alpha value is -3.69. The number of aryl methyl sites for hydroxylation is 1. The van der Waals surface area contributed by atoms with Gasteiger partial charge in [0.05, 0.1) is 29.1 Å². The molecule has 0 spiro atoms. The van der Waals surface area contributed by atoms with Crippen LogP contribution in [0.3, 0.4) is 0 Å². The highest BCUT2D eigenvalue weighted by Crippen LogP contribution is 2.41. The first-order chi connectivity index (χ1) is 15.8. The van der Waals surface area contributed by atoms with Gasteiger partial charge in [-0.15, -0.1) is 0 Å². The monoisotopic (exact) mass is 464 g/mol. The summed E-state index contributed by atoms with van der Waals surface area (Å²) in [6, 6.07) is 8.96. The van der Waals surface area contributed by atoms with Gasteiger partial charge in [-0.1, -0.05) is 43.7 Å². The Morgan fingerprint density at radius 1 is 1.24 bits per heavy atom. The Kier molecular flexibility index (Phi) is 8.72. The average Bonchev–Trinajstić information content (AvgIpc) is 2.82. The van der Waals surface area contributed by atoms with Crippen LogP contribution in [-0.2, 0) is 0 Å².